The predicted octanol–water partition coefficient (Wildman–Crippen LogP) is 3.09. The van der Waals surface area contributed by atoms with Crippen LogP contribution >= 0.6 is 11.3 Å². The van der Waals surface area contributed by atoms with Crippen molar-refractivity contribution in [2.75, 3.05) is 13.2 Å². The second-order valence-corrected chi connectivity index (χ2v) is 4.49. The summed E-state index contributed by atoms with van der Waals surface area (Å²) in [7, 11) is 0. The lowest BCUT2D eigenvalue weighted by molar-refractivity contribution is 0.219. The molecule has 0 bridgehead atoms. The van der Waals surface area contributed by atoms with Gasteiger partial charge in [-0.2, -0.15) is 11.3 Å². The number of hydrogen-bond donors (Lipinski definition) is 1. The van der Waals surface area contributed by atoms with Crippen LogP contribution in [-0.2, 0) is 4.74 Å². The minimum absolute atomic E-state index is 0.349. The molecule has 0 aromatic carbocycles. The van der Waals surface area contributed by atoms with E-state index >= 15 is 0 Å². The van der Waals surface area contributed by atoms with Crippen molar-refractivity contribution in [3.05, 3.63) is 34.2 Å². The van der Waals surface area contributed by atoms with Gasteiger partial charge in [0.25, 0.3) is 0 Å². The lowest BCUT2D eigenvalue weighted by Gasteiger charge is -2.23. The van der Waals surface area contributed by atoms with Gasteiger partial charge >= 0.3 is 0 Å². The molecule has 1 unspecified atom stereocenters. The monoisotopic (exact) mass is 223 g/mol. The standard InChI is InChI=1S/C12H17NOS/c1-2-13-12(11-5-7-15-9-11)10-4-3-6-14-8-10/h5,7-9,12-13H,2-4,6H2,1H3. The first-order chi connectivity index (χ1) is 7.42. The summed E-state index contributed by atoms with van der Waals surface area (Å²) in [5, 5.41) is 7.85. The second kappa shape index (κ2) is 5.33. The molecule has 0 spiro atoms. The summed E-state index contributed by atoms with van der Waals surface area (Å²) in [5.41, 5.74) is 2.74. The summed E-state index contributed by atoms with van der Waals surface area (Å²) < 4.78 is 5.41. The number of hydrogen-bond acceptors (Lipinski definition) is 3. The first-order valence-electron chi connectivity index (χ1n) is 5.48. The lowest BCUT2D eigenvalue weighted by Crippen LogP contribution is -2.23. The minimum Gasteiger partial charge on any atom is -0.501 e. The van der Waals surface area contributed by atoms with Crippen LogP contribution in [0.25, 0.3) is 0 Å². The number of nitrogens with one attached hydrogen (secondary N) is 1. The van der Waals surface area contributed by atoms with Crippen molar-refractivity contribution < 1.29 is 4.74 Å². The van der Waals surface area contributed by atoms with Crippen molar-refractivity contribution in [3.63, 3.8) is 0 Å². The number of ether oxygens (including phenoxy) is 1. The molecule has 15 heavy (non-hydrogen) atoms. The normalized spacial score (nSPS) is 18.1. The fraction of sp³-hybridized carbons (Fsp3) is 0.500. The highest BCUT2D eigenvalue weighted by Gasteiger charge is 2.18. The van der Waals surface area contributed by atoms with Crippen LogP contribution in [0.15, 0.2) is 28.7 Å². The molecule has 1 aliphatic rings. The smallest absolute Gasteiger partial charge is 0.0876 e. The van der Waals surface area contributed by atoms with E-state index in [-0.39, 0.29) is 0 Å². The van der Waals surface area contributed by atoms with Gasteiger partial charge in [0.15, 0.2) is 0 Å². The zero-order valence-corrected chi connectivity index (χ0v) is 9.85. The van der Waals surface area contributed by atoms with Crippen molar-refractivity contribution in [2.24, 2.45) is 0 Å². The maximum absolute atomic E-state index is 5.41. The molecule has 0 radical (unpaired) electrons. The van der Waals surface area contributed by atoms with Gasteiger partial charge in [-0.15, -0.1) is 0 Å². The van der Waals surface area contributed by atoms with Crippen molar-refractivity contribution in [1.82, 2.24) is 5.32 Å². The molecule has 2 heterocycles. The molecular weight excluding hydrogens is 206 g/mol. The molecule has 0 fully saturated rings. The van der Waals surface area contributed by atoms with Crippen molar-refractivity contribution in [1.29, 1.82) is 0 Å². The van der Waals surface area contributed by atoms with Gasteiger partial charge in [0.2, 0.25) is 0 Å². The Morgan fingerprint density at radius 3 is 3.13 bits per heavy atom. The third kappa shape index (κ3) is 2.61. The molecule has 82 valence electrons. The molecule has 1 aromatic heterocycles. The zero-order chi connectivity index (χ0) is 10.5. The highest BCUT2D eigenvalue weighted by atomic mass is 32.1. The van der Waals surface area contributed by atoms with Crippen LogP contribution in [0.3, 0.4) is 0 Å². The van der Waals surface area contributed by atoms with E-state index in [1.165, 1.54) is 11.1 Å². The molecule has 1 aromatic rings. The molecule has 0 saturated carbocycles. The van der Waals surface area contributed by atoms with Gasteiger partial charge in [0.1, 0.15) is 0 Å². The molecular formula is C12H17NOS. The summed E-state index contributed by atoms with van der Waals surface area (Å²) in [6.45, 7) is 3.99. The Morgan fingerprint density at radius 1 is 1.60 bits per heavy atom. The number of thiophene rings is 1. The van der Waals surface area contributed by atoms with Crippen LogP contribution in [0.4, 0.5) is 0 Å². The summed E-state index contributed by atoms with van der Waals surface area (Å²) in [6, 6.07) is 2.54. The van der Waals surface area contributed by atoms with Crippen LogP contribution in [0.1, 0.15) is 31.4 Å². The molecule has 0 amide bonds. The lowest BCUT2D eigenvalue weighted by atomic mass is 9.97. The van der Waals surface area contributed by atoms with E-state index in [1.807, 2.05) is 6.26 Å². The van der Waals surface area contributed by atoms with Crippen molar-refractivity contribution in [2.45, 2.75) is 25.8 Å². The Balaban J connectivity index is 2.15. The van der Waals surface area contributed by atoms with E-state index in [9.17, 15) is 0 Å². The summed E-state index contributed by atoms with van der Waals surface area (Å²) in [5.74, 6) is 0. The van der Waals surface area contributed by atoms with E-state index in [1.54, 1.807) is 11.3 Å². The molecule has 0 aliphatic carbocycles. The van der Waals surface area contributed by atoms with Crippen LogP contribution in [-0.4, -0.2) is 13.2 Å². The van der Waals surface area contributed by atoms with Crippen LogP contribution in [0, 0.1) is 0 Å². The predicted molar refractivity (Wildman–Crippen MR) is 64.0 cm³/mol. The average molecular weight is 223 g/mol. The van der Waals surface area contributed by atoms with Crippen molar-refractivity contribution >= 4 is 11.3 Å². The quantitative estimate of drug-likeness (QED) is 0.847. The number of rotatable bonds is 4. The van der Waals surface area contributed by atoms with E-state index in [0.29, 0.717) is 6.04 Å². The van der Waals surface area contributed by atoms with E-state index in [2.05, 4.69) is 29.1 Å². The molecule has 1 N–H and O–H groups in total. The Labute approximate surface area is 95.0 Å². The number of likely N-dealkylation sites (N-methyl/N-ethyl adjacent to an activating group) is 1. The van der Waals surface area contributed by atoms with Gasteiger partial charge in [-0.05, 0) is 47.3 Å². The fourth-order valence-corrected chi connectivity index (χ4v) is 2.59. The molecule has 2 nitrogen and oxygen atoms in total. The van der Waals surface area contributed by atoms with Gasteiger partial charge in [0.05, 0.1) is 18.9 Å². The van der Waals surface area contributed by atoms with E-state index in [4.69, 9.17) is 4.74 Å². The molecule has 1 atom stereocenters. The highest BCUT2D eigenvalue weighted by Crippen LogP contribution is 2.28. The molecule has 0 saturated heterocycles. The average Bonchev–Trinajstić information content (AvgIpc) is 2.80. The highest BCUT2D eigenvalue weighted by molar-refractivity contribution is 7.08. The first-order valence-corrected chi connectivity index (χ1v) is 6.42. The largest absolute Gasteiger partial charge is 0.501 e. The van der Waals surface area contributed by atoms with Crippen LogP contribution in [0.2, 0.25) is 0 Å². The van der Waals surface area contributed by atoms with Gasteiger partial charge in [-0.1, -0.05) is 6.92 Å². The maximum atomic E-state index is 5.41. The summed E-state index contributed by atoms with van der Waals surface area (Å²) in [6.07, 6.45) is 4.22. The maximum Gasteiger partial charge on any atom is 0.0876 e. The Morgan fingerprint density at radius 2 is 2.53 bits per heavy atom. The van der Waals surface area contributed by atoms with Gasteiger partial charge in [-0.25, -0.2) is 0 Å². The van der Waals surface area contributed by atoms with Crippen LogP contribution in [0.5, 0.6) is 0 Å². The first kappa shape index (κ1) is 10.7. The van der Waals surface area contributed by atoms with Gasteiger partial charge < -0.3 is 10.1 Å². The molecule has 3 heteroatoms. The minimum atomic E-state index is 0.349. The van der Waals surface area contributed by atoms with E-state index < -0.39 is 0 Å². The van der Waals surface area contributed by atoms with Gasteiger partial charge in [0, 0.05) is 0 Å². The van der Waals surface area contributed by atoms with E-state index in [0.717, 1.165) is 26.0 Å². The summed E-state index contributed by atoms with van der Waals surface area (Å²) >= 11 is 1.75. The third-order valence-electron chi connectivity index (χ3n) is 2.62. The Bertz CT molecular complexity index is 318. The zero-order valence-electron chi connectivity index (χ0n) is 9.03. The topological polar surface area (TPSA) is 21.3 Å². The van der Waals surface area contributed by atoms with Crippen molar-refractivity contribution in [3.8, 4) is 0 Å². The summed E-state index contributed by atoms with van der Waals surface area (Å²) in [4.78, 5) is 0. The SMILES string of the molecule is CCNC(C1=COCCC1)c1ccsc1. The molecule has 1 aliphatic heterocycles. The Hall–Kier alpha value is -0.800. The molecule has 2 rings (SSSR count). The Kier molecular flexibility index (Phi) is 3.80. The fourth-order valence-electron chi connectivity index (χ4n) is 1.90. The van der Waals surface area contributed by atoms with Gasteiger partial charge in [-0.3, -0.25) is 0 Å². The van der Waals surface area contributed by atoms with Crippen LogP contribution < -0.4 is 5.32 Å². The third-order valence-corrected chi connectivity index (χ3v) is 3.32. The second-order valence-electron chi connectivity index (χ2n) is 3.71.